The Kier molecular flexibility index (Phi) is 12.4. The first-order valence-corrected chi connectivity index (χ1v) is 13.6. The molecule has 0 aromatic carbocycles. The topological polar surface area (TPSA) is 23.8 Å². The molecule has 0 aromatic heterocycles. The van der Waals surface area contributed by atoms with Gasteiger partial charge in [-0.2, -0.15) is 5.26 Å². The van der Waals surface area contributed by atoms with Crippen molar-refractivity contribution in [2.75, 3.05) is 0 Å². The van der Waals surface area contributed by atoms with E-state index in [0.29, 0.717) is 0 Å². The number of nitriles is 1. The van der Waals surface area contributed by atoms with Crippen LogP contribution in [-0.4, -0.2) is 0 Å². The van der Waals surface area contributed by atoms with E-state index in [0.717, 1.165) is 17.8 Å². The third-order valence-corrected chi connectivity index (χ3v) is 8.47. The second-order valence-electron chi connectivity index (χ2n) is 10.8. The first-order chi connectivity index (χ1) is 14.2. The zero-order valence-corrected chi connectivity index (χ0v) is 20.0. The monoisotopic (exact) mass is 401 g/mol. The van der Waals surface area contributed by atoms with Crippen molar-refractivity contribution in [2.24, 2.45) is 23.2 Å². The van der Waals surface area contributed by atoms with Gasteiger partial charge in [0.15, 0.2) is 0 Å². The van der Waals surface area contributed by atoms with E-state index >= 15 is 0 Å². The Labute approximate surface area is 183 Å². The molecule has 1 heteroatoms. The van der Waals surface area contributed by atoms with Gasteiger partial charge < -0.3 is 0 Å². The molecule has 0 heterocycles. The molecule has 1 nitrogen and oxygen atoms in total. The highest BCUT2D eigenvalue weighted by Gasteiger charge is 2.35. The highest BCUT2D eigenvalue weighted by molar-refractivity contribution is 5.01. The molecule has 0 saturated heterocycles. The molecular formula is C28H51N. The number of unbranched alkanes of at least 4 members (excludes halogenated alkanes) is 7. The van der Waals surface area contributed by atoms with Gasteiger partial charge in [-0.05, 0) is 49.9 Å². The lowest BCUT2D eigenvalue weighted by Gasteiger charge is -2.36. The van der Waals surface area contributed by atoms with E-state index in [1.807, 2.05) is 0 Å². The molecule has 2 aliphatic rings. The van der Waals surface area contributed by atoms with Gasteiger partial charge in [-0.1, -0.05) is 117 Å². The molecule has 0 aromatic rings. The molecule has 2 fully saturated rings. The zero-order valence-electron chi connectivity index (χ0n) is 20.0. The fourth-order valence-corrected chi connectivity index (χ4v) is 6.14. The Balaban J connectivity index is 1.56. The molecule has 0 aliphatic heterocycles. The lowest BCUT2D eigenvalue weighted by molar-refractivity contribution is 0.170. The predicted octanol–water partition coefficient (Wildman–Crippen LogP) is 9.60. The molecule has 0 unspecified atom stereocenters. The van der Waals surface area contributed by atoms with Crippen LogP contribution in [0, 0.1) is 34.5 Å². The fourth-order valence-electron chi connectivity index (χ4n) is 6.14. The molecule has 29 heavy (non-hydrogen) atoms. The van der Waals surface area contributed by atoms with Gasteiger partial charge in [-0.25, -0.2) is 0 Å². The van der Waals surface area contributed by atoms with Crippen molar-refractivity contribution in [2.45, 2.75) is 149 Å². The maximum absolute atomic E-state index is 9.83. The van der Waals surface area contributed by atoms with Crippen LogP contribution in [-0.2, 0) is 0 Å². The first-order valence-electron chi connectivity index (χ1n) is 13.6. The van der Waals surface area contributed by atoms with Gasteiger partial charge in [0, 0.05) is 0 Å². The Bertz CT molecular complexity index is 432. The summed E-state index contributed by atoms with van der Waals surface area (Å²) in [5.41, 5.74) is 0.0402. The number of hydrogen-bond acceptors (Lipinski definition) is 1. The van der Waals surface area contributed by atoms with Crippen LogP contribution in [0.4, 0.5) is 0 Å². The largest absolute Gasteiger partial charge is 0.198 e. The summed E-state index contributed by atoms with van der Waals surface area (Å²) >= 11 is 0. The van der Waals surface area contributed by atoms with Crippen molar-refractivity contribution in [1.29, 1.82) is 5.26 Å². The van der Waals surface area contributed by atoms with Crippen molar-refractivity contribution < 1.29 is 0 Å². The summed E-state index contributed by atoms with van der Waals surface area (Å²) in [7, 11) is 0. The molecule has 2 rings (SSSR count). The van der Waals surface area contributed by atoms with Crippen LogP contribution in [0.1, 0.15) is 149 Å². The van der Waals surface area contributed by atoms with Crippen LogP contribution in [0.2, 0.25) is 0 Å². The molecule has 168 valence electrons. The minimum atomic E-state index is 0.0402. The summed E-state index contributed by atoms with van der Waals surface area (Å²) in [4.78, 5) is 0. The van der Waals surface area contributed by atoms with Crippen LogP contribution in [0.25, 0.3) is 0 Å². The Morgan fingerprint density at radius 2 is 1.10 bits per heavy atom. The standard InChI is InChI=1S/C28H51N/c1-3-5-7-9-11-21-28(24-29)22-19-27(20-23-28)18-17-26-15-13-25(14-16-26)12-10-8-6-4-2/h25-27H,3-23H2,1-2H3/t25-,26-,27-,28-. The second-order valence-corrected chi connectivity index (χ2v) is 10.8. The zero-order chi connectivity index (χ0) is 20.8. The quantitative estimate of drug-likeness (QED) is 0.266. The van der Waals surface area contributed by atoms with Crippen LogP contribution < -0.4 is 0 Å². The highest BCUT2D eigenvalue weighted by Crippen LogP contribution is 2.44. The van der Waals surface area contributed by atoms with Gasteiger partial charge in [0.05, 0.1) is 11.5 Å². The van der Waals surface area contributed by atoms with Crippen molar-refractivity contribution >= 4 is 0 Å². The van der Waals surface area contributed by atoms with E-state index in [-0.39, 0.29) is 5.41 Å². The summed E-state index contributed by atoms with van der Waals surface area (Å²) in [6.07, 6.45) is 29.0. The summed E-state index contributed by atoms with van der Waals surface area (Å²) in [6, 6.07) is 2.76. The van der Waals surface area contributed by atoms with Gasteiger partial charge in [0.1, 0.15) is 0 Å². The Morgan fingerprint density at radius 1 is 0.621 bits per heavy atom. The molecule has 0 bridgehead atoms. The van der Waals surface area contributed by atoms with Crippen LogP contribution >= 0.6 is 0 Å². The van der Waals surface area contributed by atoms with E-state index in [9.17, 15) is 5.26 Å². The molecule has 2 aliphatic carbocycles. The third kappa shape index (κ3) is 9.44. The van der Waals surface area contributed by atoms with E-state index in [1.165, 1.54) is 135 Å². The average molecular weight is 402 g/mol. The maximum Gasteiger partial charge on any atom is 0.0689 e. The number of nitrogens with zero attached hydrogens (tertiary/aromatic N) is 1. The SMILES string of the molecule is CCCCCCC[C@]1(C#N)CC[C@H](CC[C@H]2CC[C@H](CCCCCC)CC2)CC1. The second kappa shape index (κ2) is 14.5. The maximum atomic E-state index is 9.83. The fraction of sp³-hybridized carbons (Fsp3) is 0.964. The Hall–Kier alpha value is -0.510. The molecular weight excluding hydrogens is 350 g/mol. The summed E-state index contributed by atoms with van der Waals surface area (Å²) in [5, 5.41) is 9.83. The number of hydrogen-bond donors (Lipinski definition) is 0. The van der Waals surface area contributed by atoms with Crippen molar-refractivity contribution in [3.05, 3.63) is 0 Å². The smallest absolute Gasteiger partial charge is 0.0689 e. The molecule has 0 N–H and O–H groups in total. The minimum Gasteiger partial charge on any atom is -0.198 e. The Morgan fingerprint density at radius 3 is 1.66 bits per heavy atom. The van der Waals surface area contributed by atoms with E-state index < -0.39 is 0 Å². The average Bonchev–Trinajstić information content (AvgIpc) is 2.77. The third-order valence-electron chi connectivity index (χ3n) is 8.47. The van der Waals surface area contributed by atoms with Crippen LogP contribution in [0.3, 0.4) is 0 Å². The molecule has 0 radical (unpaired) electrons. The summed E-state index contributed by atoms with van der Waals surface area (Å²) in [5.74, 6) is 2.98. The molecule has 2 saturated carbocycles. The van der Waals surface area contributed by atoms with Gasteiger partial charge in [0.2, 0.25) is 0 Å². The van der Waals surface area contributed by atoms with Crippen LogP contribution in [0.15, 0.2) is 0 Å². The lowest BCUT2D eigenvalue weighted by Crippen LogP contribution is -2.26. The predicted molar refractivity (Wildman–Crippen MR) is 127 cm³/mol. The van der Waals surface area contributed by atoms with Gasteiger partial charge in [-0.3, -0.25) is 0 Å². The van der Waals surface area contributed by atoms with Crippen molar-refractivity contribution in [3.63, 3.8) is 0 Å². The minimum absolute atomic E-state index is 0.0402. The summed E-state index contributed by atoms with van der Waals surface area (Å²) in [6.45, 7) is 4.59. The van der Waals surface area contributed by atoms with E-state index in [1.54, 1.807) is 0 Å². The number of rotatable bonds is 14. The van der Waals surface area contributed by atoms with E-state index in [2.05, 4.69) is 19.9 Å². The lowest BCUT2D eigenvalue weighted by atomic mass is 9.67. The molecule has 0 spiro atoms. The van der Waals surface area contributed by atoms with Gasteiger partial charge in [0.25, 0.3) is 0 Å². The van der Waals surface area contributed by atoms with Crippen LogP contribution in [0.5, 0.6) is 0 Å². The first kappa shape index (κ1) is 24.8. The van der Waals surface area contributed by atoms with Gasteiger partial charge in [-0.15, -0.1) is 0 Å². The molecule has 0 atom stereocenters. The van der Waals surface area contributed by atoms with Gasteiger partial charge >= 0.3 is 0 Å². The molecule has 0 amide bonds. The van der Waals surface area contributed by atoms with E-state index in [4.69, 9.17) is 0 Å². The highest BCUT2D eigenvalue weighted by atomic mass is 14.4. The van der Waals surface area contributed by atoms with Crippen molar-refractivity contribution in [3.8, 4) is 6.07 Å². The van der Waals surface area contributed by atoms with Crippen molar-refractivity contribution in [1.82, 2.24) is 0 Å². The normalized spacial score (nSPS) is 30.2. The summed E-state index contributed by atoms with van der Waals surface area (Å²) < 4.78 is 0.